The number of carbonyl (C=O) groups is 1. The van der Waals surface area contributed by atoms with Crippen molar-refractivity contribution in [2.75, 3.05) is 13.2 Å². The van der Waals surface area contributed by atoms with Crippen LogP contribution < -0.4 is 0 Å². The smallest absolute Gasteiger partial charge is 0.229 e. The van der Waals surface area contributed by atoms with Crippen LogP contribution in [0.15, 0.2) is 10.6 Å². The largest absolute Gasteiger partial charge is 0.374 e. The van der Waals surface area contributed by atoms with Crippen LogP contribution in [0.1, 0.15) is 37.1 Å². The standard InChI is InChI=1S/C14H20N2O3/c1-10-8-11(15-19-10)9-14(17)16-6-7-18-13-5-3-2-4-12(13)16/h8,12-13H,2-7,9H2,1H3. The van der Waals surface area contributed by atoms with Crippen LogP contribution in [0.4, 0.5) is 0 Å². The lowest BCUT2D eigenvalue weighted by atomic mass is 9.90. The Labute approximate surface area is 112 Å². The number of morpholine rings is 1. The Kier molecular flexibility index (Phi) is 3.55. The molecule has 19 heavy (non-hydrogen) atoms. The highest BCUT2D eigenvalue weighted by Crippen LogP contribution is 2.28. The van der Waals surface area contributed by atoms with Gasteiger partial charge in [0.25, 0.3) is 0 Å². The van der Waals surface area contributed by atoms with E-state index < -0.39 is 0 Å². The first kappa shape index (κ1) is 12.7. The van der Waals surface area contributed by atoms with Gasteiger partial charge in [0.2, 0.25) is 5.91 Å². The minimum atomic E-state index is 0.147. The van der Waals surface area contributed by atoms with Gasteiger partial charge in [-0.25, -0.2) is 0 Å². The number of carbonyl (C=O) groups excluding carboxylic acids is 1. The Morgan fingerprint density at radius 1 is 1.47 bits per heavy atom. The normalized spacial score (nSPS) is 27.1. The number of ether oxygens (including phenoxy) is 1. The Balaban J connectivity index is 1.67. The monoisotopic (exact) mass is 264 g/mol. The molecule has 0 radical (unpaired) electrons. The van der Waals surface area contributed by atoms with Crippen molar-refractivity contribution in [1.29, 1.82) is 0 Å². The number of aromatic nitrogens is 1. The van der Waals surface area contributed by atoms with Crippen molar-refractivity contribution in [3.63, 3.8) is 0 Å². The summed E-state index contributed by atoms with van der Waals surface area (Å²) in [5, 5.41) is 3.90. The molecule has 2 aliphatic rings. The van der Waals surface area contributed by atoms with Crippen molar-refractivity contribution in [2.45, 2.75) is 51.2 Å². The summed E-state index contributed by atoms with van der Waals surface area (Å²) in [7, 11) is 0. The first-order valence-corrected chi connectivity index (χ1v) is 7.07. The lowest BCUT2D eigenvalue weighted by Gasteiger charge is -2.43. The van der Waals surface area contributed by atoms with Gasteiger partial charge in [0, 0.05) is 12.6 Å². The van der Waals surface area contributed by atoms with Crippen molar-refractivity contribution in [3.8, 4) is 0 Å². The van der Waals surface area contributed by atoms with Crippen molar-refractivity contribution in [3.05, 3.63) is 17.5 Å². The van der Waals surface area contributed by atoms with Crippen molar-refractivity contribution >= 4 is 5.91 Å². The minimum absolute atomic E-state index is 0.147. The van der Waals surface area contributed by atoms with E-state index in [9.17, 15) is 4.79 Å². The molecule has 1 aliphatic heterocycles. The highest BCUT2D eigenvalue weighted by atomic mass is 16.5. The third-order valence-corrected chi connectivity index (χ3v) is 4.06. The molecule has 104 valence electrons. The van der Waals surface area contributed by atoms with Gasteiger partial charge in [-0.05, 0) is 19.8 Å². The van der Waals surface area contributed by atoms with Gasteiger partial charge in [-0.2, -0.15) is 0 Å². The van der Waals surface area contributed by atoms with E-state index in [1.165, 1.54) is 12.8 Å². The van der Waals surface area contributed by atoms with Gasteiger partial charge in [0.1, 0.15) is 5.76 Å². The van der Waals surface area contributed by atoms with E-state index >= 15 is 0 Å². The predicted molar refractivity (Wildman–Crippen MR) is 68.7 cm³/mol. The number of nitrogens with zero attached hydrogens (tertiary/aromatic N) is 2. The molecule has 2 fully saturated rings. The molecule has 5 heteroatoms. The van der Waals surface area contributed by atoms with Gasteiger partial charge < -0.3 is 14.2 Å². The second-order valence-electron chi connectivity index (χ2n) is 5.45. The zero-order valence-corrected chi connectivity index (χ0v) is 11.3. The summed E-state index contributed by atoms with van der Waals surface area (Å²) in [4.78, 5) is 14.4. The molecule has 0 spiro atoms. The molecule has 2 unspecified atom stereocenters. The van der Waals surface area contributed by atoms with Crippen LogP contribution in [-0.2, 0) is 16.0 Å². The molecule has 1 aromatic heterocycles. The quantitative estimate of drug-likeness (QED) is 0.815. The Morgan fingerprint density at radius 3 is 3.11 bits per heavy atom. The maximum atomic E-state index is 12.4. The summed E-state index contributed by atoms with van der Waals surface area (Å²) in [6.07, 6.45) is 5.13. The molecule has 0 aromatic carbocycles. The fourth-order valence-electron chi connectivity index (χ4n) is 3.16. The van der Waals surface area contributed by atoms with Crippen molar-refractivity contribution in [1.82, 2.24) is 10.1 Å². The van der Waals surface area contributed by atoms with Gasteiger partial charge in [0.15, 0.2) is 0 Å². The molecule has 5 nitrogen and oxygen atoms in total. The molecule has 1 amide bonds. The first-order chi connectivity index (χ1) is 9.24. The molecule has 2 atom stereocenters. The summed E-state index contributed by atoms with van der Waals surface area (Å²) in [6.45, 7) is 3.20. The maximum Gasteiger partial charge on any atom is 0.229 e. The summed E-state index contributed by atoms with van der Waals surface area (Å²) in [5.74, 6) is 0.897. The third kappa shape index (κ3) is 2.66. The number of aryl methyl sites for hydroxylation is 1. The molecular weight excluding hydrogens is 244 g/mol. The van der Waals surface area contributed by atoms with Gasteiger partial charge in [-0.15, -0.1) is 0 Å². The van der Waals surface area contributed by atoms with Gasteiger partial charge in [-0.1, -0.05) is 18.0 Å². The second-order valence-corrected chi connectivity index (χ2v) is 5.45. The Bertz CT molecular complexity index is 455. The lowest BCUT2D eigenvalue weighted by molar-refractivity contribution is -0.148. The van der Waals surface area contributed by atoms with E-state index in [-0.39, 0.29) is 18.1 Å². The summed E-state index contributed by atoms with van der Waals surface area (Å²) < 4.78 is 10.8. The van der Waals surface area contributed by atoms with E-state index in [1.54, 1.807) is 0 Å². The highest BCUT2D eigenvalue weighted by Gasteiger charge is 2.36. The van der Waals surface area contributed by atoms with E-state index in [4.69, 9.17) is 9.26 Å². The van der Waals surface area contributed by atoms with Crippen molar-refractivity contribution in [2.24, 2.45) is 0 Å². The third-order valence-electron chi connectivity index (χ3n) is 4.06. The Hall–Kier alpha value is -1.36. The SMILES string of the molecule is Cc1cc(CC(=O)N2CCOC3CCCCC32)no1. The maximum absolute atomic E-state index is 12.4. The molecule has 1 saturated heterocycles. The summed E-state index contributed by atoms with van der Waals surface area (Å²) in [5.41, 5.74) is 0.723. The van der Waals surface area contributed by atoms with E-state index in [0.717, 1.165) is 24.3 Å². The number of fused-ring (bicyclic) bond motifs is 1. The first-order valence-electron chi connectivity index (χ1n) is 7.07. The fraction of sp³-hybridized carbons (Fsp3) is 0.714. The van der Waals surface area contributed by atoms with Gasteiger partial charge in [-0.3, -0.25) is 4.79 Å². The van der Waals surface area contributed by atoms with Crippen molar-refractivity contribution < 1.29 is 14.1 Å². The molecule has 1 saturated carbocycles. The zero-order valence-electron chi connectivity index (χ0n) is 11.3. The highest BCUT2D eigenvalue weighted by molar-refractivity contribution is 5.78. The number of hydrogen-bond acceptors (Lipinski definition) is 4. The molecule has 1 aromatic rings. The average Bonchev–Trinajstić information content (AvgIpc) is 2.83. The fourth-order valence-corrected chi connectivity index (χ4v) is 3.16. The zero-order chi connectivity index (χ0) is 13.2. The Morgan fingerprint density at radius 2 is 2.32 bits per heavy atom. The second kappa shape index (κ2) is 5.33. The van der Waals surface area contributed by atoms with E-state index in [0.29, 0.717) is 19.6 Å². The summed E-state index contributed by atoms with van der Waals surface area (Å²) >= 11 is 0. The molecule has 3 rings (SSSR count). The lowest BCUT2D eigenvalue weighted by Crippen LogP contribution is -2.55. The predicted octanol–water partition coefficient (Wildman–Crippen LogP) is 1.70. The van der Waals surface area contributed by atoms with Crippen LogP contribution in [0.2, 0.25) is 0 Å². The topological polar surface area (TPSA) is 55.6 Å². The average molecular weight is 264 g/mol. The van der Waals surface area contributed by atoms with E-state index in [1.807, 2.05) is 17.9 Å². The molecule has 0 N–H and O–H groups in total. The number of amides is 1. The number of hydrogen-bond donors (Lipinski definition) is 0. The molecule has 0 bridgehead atoms. The van der Waals surface area contributed by atoms with Crippen LogP contribution in [0.25, 0.3) is 0 Å². The van der Waals surface area contributed by atoms with Crippen LogP contribution >= 0.6 is 0 Å². The minimum Gasteiger partial charge on any atom is -0.374 e. The number of rotatable bonds is 2. The molecular formula is C14H20N2O3. The van der Waals surface area contributed by atoms with Gasteiger partial charge >= 0.3 is 0 Å². The van der Waals surface area contributed by atoms with Crippen LogP contribution in [0.3, 0.4) is 0 Å². The van der Waals surface area contributed by atoms with Crippen LogP contribution in [-0.4, -0.2) is 41.3 Å². The molecule has 2 heterocycles. The molecule has 1 aliphatic carbocycles. The van der Waals surface area contributed by atoms with E-state index in [2.05, 4.69) is 5.16 Å². The summed E-state index contributed by atoms with van der Waals surface area (Å²) in [6, 6.07) is 2.10. The van der Waals surface area contributed by atoms with Crippen LogP contribution in [0.5, 0.6) is 0 Å². The van der Waals surface area contributed by atoms with Gasteiger partial charge in [0.05, 0.1) is 30.9 Å². The van der Waals surface area contributed by atoms with Crippen LogP contribution in [0, 0.1) is 6.92 Å².